The van der Waals surface area contributed by atoms with E-state index >= 15 is 0 Å². The predicted molar refractivity (Wildman–Crippen MR) is 60.1 cm³/mol. The summed E-state index contributed by atoms with van der Waals surface area (Å²) in [7, 11) is 0. The zero-order chi connectivity index (χ0) is 12.3. The standard InChI is InChI=1S/C13H7N3O/c14-7-9-1-3-10(4-2-9)13(17)12-6-5-11(8-15)16-12/h1-6,16H. The van der Waals surface area contributed by atoms with Crippen molar-refractivity contribution in [1.29, 1.82) is 10.5 Å². The predicted octanol–water partition coefficient (Wildman–Crippen LogP) is 1.99. The summed E-state index contributed by atoms with van der Waals surface area (Å²) < 4.78 is 0. The Labute approximate surface area is 97.7 Å². The first kappa shape index (κ1) is 10.7. The fourth-order valence-corrected chi connectivity index (χ4v) is 1.44. The molecule has 0 bridgehead atoms. The second-order valence-electron chi connectivity index (χ2n) is 3.42. The summed E-state index contributed by atoms with van der Waals surface area (Å²) in [4.78, 5) is 14.7. The molecule has 4 heteroatoms. The highest BCUT2D eigenvalue weighted by atomic mass is 16.1. The fourth-order valence-electron chi connectivity index (χ4n) is 1.44. The van der Waals surface area contributed by atoms with Gasteiger partial charge < -0.3 is 4.98 Å². The molecule has 0 saturated heterocycles. The Balaban J connectivity index is 2.31. The molecule has 0 unspecified atom stereocenters. The number of aromatic nitrogens is 1. The Hall–Kier alpha value is -2.85. The van der Waals surface area contributed by atoms with Gasteiger partial charge in [-0.25, -0.2) is 0 Å². The van der Waals surface area contributed by atoms with Crippen molar-refractivity contribution in [3.8, 4) is 12.1 Å². The van der Waals surface area contributed by atoms with Crippen molar-refractivity contribution in [2.75, 3.05) is 0 Å². The molecule has 1 heterocycles. The molecule has 1 aromatic heterocycles. The van der Waals surface area contributed by atoms with Gasteiger partial charge in [0.2, 0.25) is 5.78 Å². The van der Waals surface area contributed by atoms with Crippen molar-refractivity contribution >= 4 is 5.78 Å². The first-order valence-corrected chi connectivity index (χ1v) is 4.88. The molecular weight excluding hydrogens is 214 g/mol. The van der Waals surface area contributed by atoms with Gasteiger partial charge >= 0.3 is 0 Å². The molecule has 0 spiro atoms. The van der Waals surface area contributed by atoms with Crippen molar-refractivity contribution in [1.82, 2.24) is 4.98 Å². The fraction of sp³-hybridized carbons (Fsp3) is 0. The number of benzene rings is 1. The summed E-state index contributed by atoms with van der Waals surface area (Å²) in [5.41, 5.74) is 1.70. The Morgan fingerprint density at radius 2 is 1.71 bits per heavy atom. The lowest BCUT2D eigenvalue weighted by atomic mass is 10.1. The van der Waals surface area contributed by atoms with E-state index in [1.54, 1.807) is 36.4 Å². The van der Waals surface area contributed by atoms with Crippen molar-refractivity contribution in [2.24, 2.45) is 0 Å². The molecule has 0 saturated carbocycles. The number of nitrogens with one attached hydrogen (secondary N) is 1. The van der Waals surface area contributed by atoms with Crippen LogP contribution in [-0.2, 0) is 0 Å². The van der Waals surface area contributed by atoms with Crippen LogP contribution in [0.25, 0.3) is 0 Å². The first-order chi connectivity index (χ1) is 8.24. The first-order valence-electron chi connectivity index (χ1n) is 4.88. The second-order valence-corrected chi connectivity index (χ2v) is 3.42. The molecule has 0 atom stereocenters. The van der Waals surface area contributed by atoms with Crippen LogP contribution in [0.3, 0.4) is 0 Å². The molecule has 0 radical (unpaired) electrons. The van der Waals surface area contributed by atoms with Gasteiger partial charge in [-0.05, 0) is 36.4 Å². The maximum Gasteiger partial charge on any atom is 0.209 e. The number of ketones is 1. The van der Waals surface area contributed by atoms with Gasteiger partial charge in [-0.2, -0.15) is 10.5 Å². The summed E-state index contributed by atoms with van der Waals surface area (Å²) in [5.74, 6) is -0.198. The number of hydrogen-bond donors (Lipinski definition) is 1. The van der Waals surface area contributed by atoms with Gasteiger partial charge in [-0.1, -0.05) is 0 Å². The number of H-pyrrole nitrogens is 1. The van der Waals surface area contributed by atoms with Crippen molar-refractivity contribution in [2.45, 2.75) is 0 Å². The average Bonchev–Trinajstić information content (AvgIpc) is 2.87. The van der Waals surface area contributed by atoms with E-state index < -0.39 is 0 Å². The Morgan fingerprint density at radius 1 is 1.00 bits per heavy atom. The molecule has 2 aromatic rings. The van der Waals surface area contributed by atoms with Crippen LogP contribution in [0.5, 0.6) is 0 Å². The lowest BCUT2D eigenvalue weighted by Crippen LogP contribution is -2.01. The minimum Gasteiger partial charge on any atom is -0.344 e. The number of aromatic amines is 1. The van der Waals surface area contributed by atoms with Crippen LogP contribution in [0.1, 0.15) is 27.3 Å². The summed E-state index contributed by atoms with van der Waals surface area (Å²) in [5, 5.41) is 17.3. The molecule has 1 N–H and O–H groups in total. The van der Waals surface area contributed by atoms with Crippen molar-refractivity contribution in [3.05, 3.63) is 58.9 Å². The molecule has 0 aliphatic heterocycles. The normalized spacial score (nSPS) is 9.29. The van der Waals surface area contributed by atoms with E-state index in [2.05, 4.69) is 4.98 Å². The number of rotatable bonds is 2. The number of carbonyl (C=O) groups is 1. The summed E-state index contributed by atoms with van der Waals surface area (Å²) in [6.45, 7) is 0. The molecular formula is C13H7N3O. The zero-order valence-corrected chi connectivity index (χ0v) is 8.77. The van der Waals surface area contributed by atoms with E-state index in [1.807, 2.05) is 12.1 Å². The number of carbonyl (C=O) groups excluding carboxylic acids is 1. The van der Waals surface area contributed by atoms with Crippen molar-refractivity contribution < 1.29 is 4.79 Å². The van der Waals surface area contributed by atoms with Crippen LogP contribution in [0.4, 0.5) is 0 Å². The van der Waals surface area contributed by atoms with E-state index in [-0.39, 0.29) is 5.78 Å². The monoisotopic (exact) mass is 221 g/mol. The molecule has 2 rings (SSSR count). The lowest BCUT2D eigenvalue weighted by molar-refractivity contribution is 0.103. The van der Waals surface area contributed by atoms with E-state index in [9.17, 15) is 4.79 Å². The highest BCUT2D eigenvalue weighted by Crippen LogP contribution is 2.10. The highest BCUT2D eigenvalue weighted by molar-refractivity contribution is 6.07. The zero-order valence-electron chi connectivity index (χ0n) is 8.77. The third kappa shape index (κ3) is 2.06. The highest BCUT2D eigenvalue weighted by Gasteiger charge is 2.10. The quantitative estimate of drug-likeness (QED) is 0.787. The maximum atomic E-state index is 12.0. The smallest absolute Gasteiger partial charge is 0.209 e. The minimum absolute atomic E-state index is 0.198. The van der Waals surface area contributed by atoms with Gasteiger partial charge in [0.05, 0.1) is 17.3 Å². The van der Waals surface area contributed by atoms with Crippen LogP contribution < -0.4 is 0 Å². The van der Waals surface area contributed by atoms with Crippen LogP contribution >= 0.6 is 0 Å². The van der Waals surface area contributed by atoms with E-state index in [0.29, 0.717) is 22.5 Å². The van der Waals surface area contributed by atoms with Crippen LogP contribution in [0.15, 0.2) is 36.4 Å². The van der Waals surface area contributed by atoms with Crippen LogP contribution in [0, 0.1) is 22.7 Å². The summed E-state index contributed by atoms with van der Waals surface area (Å²) in [6, 6.07) is 13.4. The van der Waals surface area contributed by atoms with Gasteiger partial charge in [0, 0.05) is 5.56 Å². The summed E-state index contributed by atoms with van der Waals surface area (Å²) in [6.07, 6.45) is 0. The van der Waals surface area contributed by atoms with E-state index in [0.717, 1.165) is 0 Å². The van der Waals surface area contributed by atoms with Crippen molar-refractivity contribution in [3.63, 3.8) is 0 Å². The Bertz CT molecular complexity index is 639. The summed E-state index contributed by atoms with van der Waals surface area (Å²) >= 11 is 0. The lowest BCUT2D eigenvalue weighted by Gasteiger charge is -1.98. The molecule has 1 aromatic carbocycles. The van der Waals surface area contributed by atoms with Crippen LogP contribution in [-0.4, -0.2) is 10.8 Å². The van der Waals surface area contributed by atoms with Gasteiger partial charge in [0.1, 0.15) is 11.8 Å². The van der Waals surface area contributed by atoms with Gasteiger partial charge in [0.25, 0.3) is 0 Å². The molecule has 80 valence electrons. The second kappa shape index (κ2) is 4.34. The number of nitriles is 2. The van der Waals surface area contributed by atoms with Crippen LogP contribution in [0.2, 0.25) is 0 Å². The largest absolute Gasteiger partial charge is 0.344 e. The third-order valence-corrected chi connectivity index (χ3v) is 2.33. The molecule has 0 amide bonds. The third-order valence-electron chi connectivity index (χ3n) is 2.33. The Morgan fingerprint density at radius 3 is 2.24 bits per heavy atom. The SMILES string of the molecule is N#Cc1ccc(C(=O)c2ccc(C#N)[nH]2)cc1. The van der Waals surface area contributed by atoms with E-state index in [4.69, 9.17) is 10.5 Å². The maximum absolute atomic E-state index is 12.0. The van der Waals surface area contributed by atoms with Gasteiger partial charge in [0.15, 0.2) is 0 Å². The average molecular weight is 221 g/mol. The number of hydrogen-bond acceptors (Lipinski definition) is 3. The Kier molecular flexibility index (Phi) is 2.72. The van der Waals surface area contributed by atoms with Gasteiger partial charge in [-0.15, -0.1) is 0 Å². The number of nitrogens with zero attached hydrogens (tertiary/aromatic N) is 2. The van der Waals surface area contributed by atoms with E-state index in [1.165, 1.54) is 0 Å². The molecule has 4 nitrogen and oxygen atoms in total. The minimum atomic E-state index is -0.198. The molecule has 0 fully saturated rings. The molecule has 17 heavy (non-hydrogen) atoms. The topological polar surface area (TPSA) is 80.4 Å². The molecule has 0 aliphatic rings. The molecule has 0 aliphatic carbocycles. The van der Waals surface area contributed by atoms with Gasteiger partial charge in [-0.3, -0.25) is 4.79 Å².